The van der Waals surface area contributed by atoms with Crippen molar-refractivity contribution in [2.75, 3.05) is 31.2 Å². The maximum absolute atomic E-state index is 11.0. The second-order valence-electron chi connectivity index (χ2n) is 4.91. The van der Waals surface area contributed by atoms with Gasteiger partial charge in [0.05, 0.1) is 18.9 Å². The van der Waals surface area contributed by atoms with Gasteiger partial charge < -0.3 is 9.64 Å². The van der Waals surface area contributed by atoms with Crippen molar-refractivity contribution < 1.29 is 4.74 Å². The summed E-state index contributed by atoms with van der Waals surface area (Å²) in [6, 6.07) is 9.49. The normalized spacial score (nSPS) is 15.3. The molecular weight excluding hydrogens is 254 g/mol. The molecular formula is C15H17N3O2. The lowest BCUT2D eigenvalue weighted by Gasteiger charge is -2.30. The molecule has 1 aliphatic heterocycles. The van der Waals surface area contributed by atoms with Gasteiger partial charge in [-0.3, -0.25) is 4.79 Å². The predicted molar refractivity (Wildman–Crippen MR) is 78.1 cm³/mol. The largest absolute Gasteiger partial charge is 0.378 e. The molecule has 5 heteroatoms. The molecule has 20 heavy (non-hydrogen) atoms. The number of benzene rings is 1. The van der Waals surface area contributed by atoms with Gasteiger partial charge >= 0.3 is 0 Å². The van der Waals surface area contributed by atoms with E-state index in [-0.39, 0.29) is 5.56 Å². The van der Waals surface area contributed by atoms with Crippen LogP contribution in [0.1, 0.15) is 5.56 Å². The Bertz CT molecular complexity index is 640. The van der Waals surface area contributed by atoms with E-state index in [0.717, 1.165) is 37.6 Å². The van der Waals surface area contributed by atoms with Crippen LogP contribution in [0.4, 0.5) is 5.69 Å². The molecule has 0 aliphatic carbocycles. The highest BCUT2D eigenvalue weighted by atomic mass is 16.5. The zero-order chi connectivity index (χ0) is 13.9. The van der Waals surface area contributed by atoms with Crippen LogP contribution in [0, 0.1) is 6.92 Å². The second kappa shape index (κ2) is 5.46. The van der Waals surface area contributed by atoms with E-state index in [4.69, 9.17) is 4.74 Å². The monoisotopic (exact) mass is 271 g/mol. The molecule has 2 heterocycles. The molecule has 1 aliphatic rings. The number of aromatic amines is 1. The van der Waals surface area contributed by atoms with Gasteiger partial charge in [-0.2, -0.15) is 5.10 Å². The van der Waals surface area contributed by atoms with Crippen molar-refractivity contribution in [2.24, 2.45) is 0 Å². The summed E-state index contributed by atoms with van der Waals surface area (Å²) < 4.78 is 5.38. The van der Waals surface area contributed by atoms with Crippen LogP contribution < -0.4 is 10.5 Å². The molecule has 0 spiro atoms. The summed E-state index contributed by atoms with van der Waals surface area (Å²) in [6.07, 6.45) is 0. The standard InChI is InChI=1S/C15H17N3O2/c1-11-10-12(13-3-5-15(19)17-16-13)2-4-14(11)18-6-8-20-9-7-18/h2-5,10H,6-9H2,1H3,(H,17,19). The molecule has 5 nitrogen and oxygen atoms in total. The van der Waals surface area contributed by atoms with Crippen LogP contribution >= 0.6 is 0 Å². The minimum absolute atomic E-state index is 0.185. The maximum atomic E-state index is 11.0. The maximum Gasteiger partial charge on any atom is 0.264 e. The van der Waals surface area contributed by atoms with Crippen LogP contribution in [0.25, 0.3) is 11.3 Å². The fraction of sp³-hybridized carbons (Fsp3) is 0.333. The molecule has 1 aromatic heterocycles. The number of hydrogen-bond acceptors (Lipinski definition) is 4. The zero-order valence-electron chi connectivity index (χ0n) is 11.4. The highest BCUT2D eigenvalue weighted by Crippen LogP contribution is 2.26. The lowest BCUT2D eigenvalue weighted by Crippen LogP contribution is -2.36. The van der Waals surface area contributed by atoms with Gasteiger partial charge in [0.1, 0.15) is 0 Å². The highest BCUT2D eigenvalue weighted by molar-refractivity contribution is 5.66. The molecule has 3 rings (SSSR count). The average Bonchev–Trinajstić information content (AvgIpc) is 2.49. The fourth-order valence-corrected chi connectivity index (χ4v) is 2.48. The second-order valence-corrected chi connectivity index (χ2v) is 4.91. The molecule has 0 amide bonds. The van der Waals surface area contributed by atoms with Gasteiger partial charge in [0, 0.05) is 30.4 Å². The lowest BCUT2D eigenvalue weighted by atomic mass is 10.1. The Balaban J connectivity index is 1.90. The number of nitrogens with zero attached hydrogens (tertiary/aromatic N) is 2. The van der Waals surface area contributed by atoms with Crippen molar-refractivity contribution in [3.8, 4) is 11.3 Å². The Kier molecular flexibility index (Phi) is 3.52. The van der Waals surface area contributed by atoms with Crippen molar-refractivity contribution in [1.29, 1.82) is 0 Å². The summed E-state index contributed by atoms with van der Waals surface area (Å²) >= 11 is 0. The van der Waals surface area contributed by atoms with Crippen LogP contribution in [-0.4, -0.2) is 36.5 Å². The molecule has 1 saturated heterocycles. The van der Waals surface area contributed by atoms with Crippen molar-refractivity contribution >= 4 is 5.69 Å². The minimum atomic E-state index is -0.185. The summed E-state index contributed by atoms with van der Waals surface area (Å²) in [4.78, 5) is 13.4. The summed E-state index contributed by atoms with van der Waals surface area (Å²) in [5, 5.41) is 6.52. The Morgan fingerprint density at radius 1 is 1.20 bits per heavy atom. The third-order valence-electron chi connectivity index (χ3n) is 3.52. The van der Waals surface area contributed by atoms with Gasteiger partial charge in [-0.05, 0) is 30.7 Å². The number of ether oxygens (including phenoxy) is 1. The molecule has 2 aromatic rings. The SMILES string of the molecule is Cc1cc(-c2ccc(=O)[nH]n2)ccc1N1CCOCC1. The predicted octanol–water partition coefficient (Wildman–Crippen LogP) is 1.58. The Morgan fingerprint density at radius 3 is 2.65 bits per heavy atom. The first-order valence-corrected chi connectivity index (χ1v) is 6.73. The van der Waals surface area contributed by atoms with Crippen LogP contribution in [0.5, 0.6) is 0 Å². The number of aryl methyl sites for hydroxylation is 1. The van der Waals surface area contributed by atoms with Gasteiger partial charge in [-0.1, -0.05) is 6.07 Å². The van der Waals surface area contributed by atoms with E-state index in [2.05, 4.69) is 34.2 Å². The number of H-pyrrole nitrogens is 1. The number of rotatable bonds is 2. The molecule has 1 aromatic carbocycles. The van der Waals surface area contributed by atoms with E-state index in [9.17, 15) is 4.79 Å². The summed E-state index contributed by atoms with van der Waals surface area (Å²) in [5.74, 6) is 0. The fourth-order valence-electron chi connectivity index (χ4n) is 2.48. The van der Waals surface area contributed by atoms with Crippen molar-refractivity contribution in [1.82, 2.24) is 10.2 Å². The molecule has 0 atom stereocenters. The third-order valence-corrected chi connectivity index (χ3v) is 3.52. The van der Waals surface area contributed by atoms with Gasteiger partial charge in [0.15, 0.2) is 0 Å². The van der Waals surface area contributed by atoms with E-state index in [1.165, 1.54) is 17.3 Å². The number of nitrogens with one attached hydrogen (secondary N) is 1. The van der Waals surface area contributed by atoms with Gasteiger partial charge in [-0.25, -0.2) is 5.10 Å². The van der Waals surface area contributed by atoms with Crippen LogP contribution in [-0.2, 0) is 4.74 Å². The molecule has 1 N–H and O–H groups in total. The first-order chi connectivity index (χ1) is 9.74. The topological polar surface area (TPSA) is 58.2 Å². The van der Waals surface area contributed by atoms with E-state index in [1.54, 1.807) is 6.07 Å². The number of aromatic nitrogens is 2. The Hall–Kier alpha value is -2.14. The molecule has 0 bridgehead atoms. The van der Waals surface area contributed by atoms with E-state index >= 15 is 0 Å². The summed E-state index contributed by atoms with van der Waals surface area (Å²) in [5.41, 5.74) is 4.05. The number of hydrogen-bond donors (Lipinski definition) is 1. The van der Waals surface area contributed by atoms with E-state index in [0.29, 0.717) is 0 Å². The number of morpholine rings is 1. The van der Waals surface area contributed by atoms with Gasteiger partial charge in [0.2, 0.25) is 0 Å². The first kappa shape index (κ1) is 12.9. The minimum Gasteiger partial charge on any atom is -0.378 e. The molecule has 0 radical (unpaired) electrons. The van der Waals surface area contributed by atoms with Crippen LogP contribution in [0.3, 0.4) is 0 Å². The molecule has 1 fully saturated rings. The smallest absolute Gasteiger partial charge is 0.264 e. The molecule has 0 unspecified atom stereocenters. The van der Waals surface area contributed by atoms with Crippen molar-refractivity contribution in [2.45, 2.75) is 6.92 Å². The van der Waals surface area contributed by atoms with E-state index < -0.39 is 0 Å². The van der Waals surface area contributed by atoms with Gasteiger partial charge in [-0.15, -0.1) is 0 Å². The Labute approximate surface area is 117 Å². The average molecular weight is 271 g/mol. The number of anilines is 1. The first-order valence-electron chi connectivity index (χ1n) is 6.73. The van der Waals surface area contributed by atoms with Crippen LogP contribution in [0.15, 0.2) is 35.1 Å². The highest BCUT2D eigenvalue weighted by Gasteiger charge is 2.13. The quantitative estimate of drug-likeness (QED) is 0.901. The summed E-state index contributed by atoms with van der Waals surface area (Å²) in [6.45, 7) is 5.51. The third kappa shape index (κ3) is 2.58. The van der Waals surface area contributed by atoms with Crippen molar-refractivity contribution in [3.63, 3.8) is 0 Å². The Morgan fingerprint density at radius 2 is 2.00 bits per heavy atom. The van der Waals surface area contributed by atoms with Crippen molar-refractivity contribution in [3.05, 3.63) is 46.2 Å². The van der Waals surface area contributed by atoms with Gasteiger partial charge in [0.25, 0.3) is 5.56 Å². The lowest BCUT2D eigenvalue weighted by molar-refractivity contribution is 0.122. The molecule has 0 saturated carbocycles. The van der Waals surface area contributed by atoms with Crippen LogP contribution in [0.2, 0.25) is 0 Å². The zero-order valence-corrected chi connectivity index (χ0v) is 11.4. The van der Waals surface area contributed by atoms with E-state index in [1.807, 2.05) is 6.07 Å². The summed E-state index contributed by atoms with van der Waals surface area (Å²) in [7, 11) is 0. The molecule has 104 valence electrons.